The number of carbonyl (C=O) groups is 2. The number of hydrogen-bond acceptors (Lipinski definition) is 7. The first-order valence-corrected chi connectivity index (χ1v) is 25.4. The molecule has 0 amide bonds. The summed E-state index contributed by atoms with van der Waals surface area (Å²) in [5, 5.41) is 0. The summed E-state index contributed by atoms with van der Waals surface area (Å²) in [6.45, 7) is 19.3. The number of hydrogen-bond donors (Lipinski definition) is 0. The van der Waals surface area contributed by atoms with Gasteiger partial charge in [0.1, 0.15) is 57.2 Å². The Hall–Kier alpha value is -7.90. The van der Waals surface area contributed by atoms with Gasteiger partial charge in [-0.1, -0.05) is 114 Å². The molecular weight excluding hydrogens is 905 g/mol. The summed E-state index contributed by atoms with van der Waals surface area (Å²) in [7, 11) is 0. The predicted octanol–water partition coefficient (Wildman–Crippen LogP) is 17.8. The van der Waals surface area contributed by atoms with Gasteiger partial charge in [0.05, 0.1) is 0 Å². The Morgan fingerprint density at radius 1 is 0.370 bits per heavy atom. The van der Waals surface area contributed by atoms with Crippen molar-refractivity contribution in [3.05, 3.63) is 228 Å². The van der Waals surface area contributed by atoms with Gasteiger partial charge in [-0.25, -0.2) is 0 Å². The second-order valence-electron chi connectivity index (χ2n) is 20.1. The Morgan fingerprint density at radius 3 is 1.03 bits per heavy atom. The molecule has 0 aliphatic carbocycles. The summed E-state index contributed by atoms with van der Waals surface area (Å²) in [6.07, 6.45) is 2.71. The van der Waals surface area contributed by atoms with Crippen LogP contribution >= 0.6 is 0 Å². The number of benzene rings is 8. The van der Waals surface area contributed by atoms with Gasteiger partial charge in [-0.05, 0) is 189 Å². The van der Waals surface area contributed by atoms with Gasteiger partial charge in [-0.3, -0.25) is 9.59 Å². The lowest BCUT2D eigenvalue weighted by atomic mass is 9.82. The van der Waals surface area contributed by atoms with Gasteiger partial charge in [0.15, 0.2) is 11.6 Å². The molecule has 0 aliphatic rings. The molecule has 0 fully saturated rings. The zero-order chi connectivity index (χ0) is 51.8. The van der Waals surface area contributed by atoms with Gasteiger partial charge in [-0.2, -0.15) is 0 Å². The first-order chi connectivity index (χ1) is 35.0. The van der Waals surface area contributed by atoms with Crippen molar-refractivity contribution in [2.75, 3.05) is 0 Å². The molecular formula is C66H66O7. The highest BCUT2D eigenvalue weighted by Crippen LogP contribution is 2.37. The molecule has 372 valence electrons. The number of ether oxygens (including phenoxy) is 5. The Bertz CT molecular complexity index is 3080. The van der Waals surface area contributed by atoms with E-state index < -0.39 is 5.60 Å². The third kappa shape index (κ3) is 12.8. The molecule has 7 nitrogen and oxygen atoms in total. The van der Waals surface area contributed by atoms with Crippen molar-refractivity contribution in [1.82, 2.24) is 0 Å². The number of rotatable bonds is 21. The van der Waals surface area contributed by atoms with Crippen molar-refractivity contribution in [1.29, 1.82) is 0 Å². The van der Waals surface area contributed by atoms with Gasteiger partial charge in [0, 0.05) is 28.2 Å². The molecule has 8 rings (SSSR count). The third-order valence-corrected chi connectivity index (χ3v) is 14.3. The van der Waals surface area contributed by atoms with E-state index in [-0.39, 0.29) is 28.5 Å². The van der Waals surface area contributed by atoms with Crippen LogP contribution in [0.1, 0.15) is 130 Å². The molecule has 0 saturated carbocycles. The van der Waals surface area contributed by atoms with Crippen molar-refractivity contribution < 1.29 is 33.3 Å². The summed E-state index contributed by atoms with van der Waals surface area (Å²) in [4.78, 5) is 26.8. The summed E-state index contributed by atoms with van der Waals surface area (Å²) in [5.41, 5.74) is 6.22. The molecule has 0 radical (unpaired) electrons. The maximum Gasteiger partial charge on any atom is 0.193 e. The summed E-state index contributed by atoms with van der Waals surface area (Å²) in [6, 6.07) is 61.4. The van der Waals surface area contributed by atoms with E-state index in [4.69, 9.17) is 23.7 Å². The van der Waals surface area contributed by atoms with Crippen molar-refractivity contribution in [2.45, 2.75) is 104 Å². The largest absolute Gasteiger partial charge is 0.488 e. The Morgan fingerprint density at radius 2 is 0.671 bits per heavy atom. The standard InChI is InChI=1S/C66H66O7/c1-10-64(5,6)53-27-17-50(18-28-53)63(68)52-25-31-55(32-26-52)69-54-29-19-47(20-30-54)48-21-35-61(36-22-48)73-66(9,12-3)45(4)46-13-15-49(16-14-46)62(67)51-23-33-56(34-24-51)70-57-37-39-58(40-38-57)71-59-41-43-60(44-42-59)72-65(7,8)11-2/h13-45H,10-12H2,1-9H3/t45?,66-/m1/s1. The molecule has 0 aromatic heterocycles. The fourth-order valence-electron chi connectivity index (χ4n) is 8.35. The van der Waals surface area contributed by atoms with Crippen LogP contribution in [-0.2, 0) is 5.41 Å². The third-order valence-electron chi connectivity index (χ3n) is 14.3. The molecule has 8 aromatic carbocycles. The van der Waals surface area contributed by atoms with Crippen LogP contribution in [-0.4, -0.2) is 22.8 Å². The average Bonchev–Trinajstić information content (AvgIpc) is 3.42. The van der Waals surface area contributed by atoms with Crippen molar-refractivity contribution in [2.24, 2.45) is 0 Å². The smallest absolute Gasteiger partial charge is 0.193 e. The molecule has 0 aliphatic heterocycles. The van der Waals surface area contributed by atoms with Crippen LogP contribution in [0.3, 0.4) is 0 Å². The van der Waals surface area contributed by atoms with E-state index in [1.807, 2.05) is 158 Å². The molecule has 0 heterocycles. The van der Waals surface area contributed by atoms with Crippen LogP contribution in [0.2, 0.25) is 0 Å². The van der Waals surface area contributed by atoms with Gasteiger partial charge in [0.25, 0.3) is 0 Å². The van der Waals surface area contributed by atoms with Crippen LogP contribution in [0, 0.1) is 0 Å². The van der Waals surface area contributed by atoms with E-state index in [9.17, 15) is 9.59 Å². The Balaban J connectivity index is 0.813. The van der Waals surface area contributed by atoms with Crippen molar-refractivity contribution in [3.63, 3.8) is 0 Å². The van der Waals surface area contributed by atoms with E-state index in [0.29, 0.717) is 56.8 Å². The van der Waals surface area contributed by atoms with Gasteiger partial charge < -0.3 is 23.7 Å². The minimum absolute atomic E-state index is 0.0125. The summed E-state index contributed by atoms with van der Waals surface area (Å²) < 4.78 is 31.0. The van der Waals surface area contributed by atoms with Crippen molar-refractivity contribution >= 4 is 11.6 Å². The second kappa shape index (κ2) is 22.3. The van der Waals surface area contributed by atoms with Crippen LogP contribution in [0.25, 0.3) is 11.1 Å². The van der Waals surface area contributed by atoms with Crippen molar-refractivity contribution in [3.8, 4) is 57.1 Å². The molecule has 2 atom stereocenters. The van der Waals surface area contributed by atoms with Crippen LogP contribution in [0.5, 0.6) is 46.0 Å². The fraction of sp³-hybridized carbons (Fsp3) is 0.242. The predicted molar refractivity (Wildman–Crippen MR) is 294 cm³/mol. The molecule has 8 aromatic rings. The van der Waals surface area contributed by atoms with Crippen LogP contribution in [0.4, 0.5) is 0 Å². The number of carbonyl (C=O) groups excluding carboxylic acids is 2. The topological polar surface area (TPSA) is 80.3 Å². The lowest BCUT2D eigenvalue weighted by Gasteiger charge is -2.36. The number of ketones is 2. The lowest BCUT2D eigenvalue weighted by Crippen LogP contribution is -2.37. The summed E-state index contributed by atoms with van der Waals surface area (Å²) >= 11 is 0. The highest BCUT2D eigenvalue weighted by atomic mass is 16.5. The maximum atomic E-state index is 13.6. The Labute approximate surface area is 431 Å². The van der Waals surface area contributed by atoms with E-state index in [2.05, 4.69) is 86.6 Å². The minimum atomic E-state index is -0.508. The quantitative estimate of drug-likeness (QED) is 0.0664. The molecule has 1 unspecified atom stereocenters. The van der Waals surface area contributed by atoms with Gasteiger partial charge in [-0.15, -0.1) is 0 Å². The normalized spacial score (nSPS) is 12.8. The van der Waals surface area contributed by atoms with E-state index in [0.717, 1.165) is 47.5 Å². The van der Waals surface area contributed by atoms with E-state index in [1.165, 1.54) is 5.56 Å². The fourth-order valence-corrected chi connectivity index (χ4v) is 8.35. The first-order valence-electron chi connectivity index (χ1n) is 25.4. The molecule has 0 spiro atoms. The Kier molecular flexibility index (Phi) is 15.7. The van der Waals surface area contributed by atoms with Crippen LogP contribution < -0.4 is 23.7 Å². The SMILES string of the molecule is CCC(C)(C)Oc1ccc(Oc2ccc(Oc3ccc(C(=O)c4ccc(C(C)[C@@](C)(CC)Oc5ccc(-c6ccc(Oc7ccc(C(=O)c8ccc(C(C)(C)CC)cc8)cc7)cc6)cc5)cc4)cc3)cc2)cc1. The van der Waals surface area contributed by atoms with E-state index >= 15 is 0 Å². The first kappa shape index (κ1) is 51.5. The van der Waals surface area contributed by atoms with Gasteiger partial charge >= 0.3 is 0 Å². The zero-order valence-electron chi connectivity index (χ0n) is 43.5. The average molecular weight is 971 g/mol. The lowest BCUT2D eigenvalue weighted by molar-refractivity contribution is 0.0598. The highest BCUT2D eigenvalue weighted by Gasteiger charge is 2.33. The minimum Gasteiger partial charge on any atom is -0.488 e. The highest BCUT2D eigenvalue weighted by molar-refractivity contribution is 6.09. The molecule has 73 heavy (non-hydrogen) atoms. The zero-order valence-corrected chi connectivity index (χ0v) is 43.5. The maximum absolute atomic E-state index is 13.6. The second-order valence-corrected chi connectivity index (χ2v) is 20.1. The summed E-state index contributed by atoms with van der Waals surface area (Å²) in [5.74, 6) is 5.57. The molecule has 0 bridgehead atoms. The molecule has 7 heteroatoms. The van der Waals surface area contributed by atoms with E-state index in [1.54, 1.807) is 12.1 Å². The monoisotopic (exact) mass is 970 g/mol. The molecule has 0 N–H and O–H groups in total. The molecule has 0 saturated heterocycles. The van der Waals surface area contributed by atoms with Gasteiger partial charge in [0.2, 0.25) is 0 Å². The van der Waals surface area contributed by atoms with Crippen LogP contribution in [0.15, 0.2) is 194 Å².